The largest absolute Gasteiger partial charge is 0.507 e. The lowest BCUT2D eigenvalue weighted by Crippen LogP contribution is -2.41. The molecule has 10 nitrogen and oxygen atoms in total. The normalized spacial score (nSPS) is 14.3. The summed E-state index contributed by atoms with van der Waals surface area (Å²) >= 11 is 1.07. The molecule has 4 N–H and O–H groups in total. The fraction of sp³-hybridized carbons (Fsp3) is 0.368. The minimum absolute atomic E-state index is 0.0168. The second-order valence-electron chi connectivity index (χ2n) is 6.26. The Hall–Kier alpha value is -3.05. The quantitative estimate of drug-likeness (QED) is 0.426. The minimum atomic E-state index is -1.22. The number of thioether (sulfide) groups is 1. The first-order chi connectivity index (χ1) is 14.2. The number of ketones is 2. The molecule has 1 aliphatic rings. The van der Waals surface area contributed by atoms with Crippen LogP contribution >= 0.6 is 11.8 Å². The number of aliphatic hydroxyl groups excluding tert-OH is 1. The molecule has 1 amide bonds. The predicted octanol–water partition coefficient (Wildman–Crippen LogP) is 0.495. The van der Waals surface area contributed by atoms with Crippen LogP contribution in [0.3, 0.4) is 0 Å². The fourth-order valence-corrected chi connectivity index (χ4v) is 4.05. The van der Waals surface area contributed by atoms with Crippen molar-refractivity contribution in [1.82, 2.24) is 5.32 Å². The lowest BCUT2D eigenvalue weighted by Gasteiger charge is -2.22. The molecule has 0 fully saturated rings. The van der Waals surface area contributed by atoms with Crippen LogP contribution in [0.2, 0.25) is 0 Å². The van der Waals surface area contributed by atoms with Gasteiger partial charge in [0.15, 0.2) is 11.5 Å². The number of carbonyl (C=O) groups excluding carboxylic acids is 3. The van der Waals surface area contributed by atoms with Gasteiger partial charge in [-0.2, -0.15) is 11.8 Å². The first kappa shape index (κ1) is 23.2. The lowest BCUT2D eigenvalue weighted by atomic mass is 9.86. The Balaban J connectivity index is 2.40. The van der Waals surface area contributed by atoms with Crippen LogP contribution in [0.1, 0.15) is 33.2 Å². The van der Waals surface area contributed by atoms with Crippen molar-refractivity contribution in [3.63, 3.8) is 0 Å². The Morgan fingerprint density at radius 2 is 1.87 bits per heavy atom. The van der Waals surface area contributed by atoms with Gasteiger partial charge >= 0.3 is 5.97 Å². The average molecular weight is 439 g/mol. The van der Waals surface area contributed by atoms with E-state index < -0.39 is 41.8 Å². The van der Waals surface area contributed by atoms with Gasteiger partial charge in [0.05, 0.1) is 32.0 Å². The molecule has 11 heteroatoms. The number of phenolic OH excluding ortho intramolecular Hbond substituents is 1. The van der Waals surface area contributed by atoms with Crippen molar-refractivity contribution in [2.75, 3.05) is 26.6 Å². The Morgan fingerprint density at radius 3 is 2.37 bits per heavy atom. The molecule has 0 saturated heterocycles. The third kappa shape index (κ3) is 4.41. The number of Topliss-reactive ketones (excluding diaryl/α,β-unsaturated/α-hetero) is 2. The number of aliphatic hydroxyl groups is 1. The number of hydrogen-bond acceptors (Lipinski definition) is 9. The van der Waals surface area contributed by atoms with E-state index in [2.05, 4.69) is 5.32 Å². The van der Waals surface area contributed by atoms with Crippen molar-refractivity contribution in [2.45, 2.75) is 18.7 Å². The van der Waals surface area contributed by atoms with Gasteiger partial charge in [-0.25, -0.2) is 4.79 Å². The highest BCUT2D eigenvalue weighted by Gasteiger charge is 2.37. The summed E-state index contributed by atoms with van der Waals surface area (Å²) in [5.41, 5.74) is -0.505. The molecule has 0 spiro atoms. The van der Waals surface area contributed by atoms with E-state index in [1.54, 1.807) is 0 Å². The highest BCUT2D eigenvalue weighted by Crippen LogP contribution is 2.41. The summed E-state index contributed by atoms with van der Waals surface area (Å²) < 4.78 is 10.2. The van der Waals surface area contributed by atoms with E-state index in [0.29, 0.717) is 0 Å². The molecule has 0 aliphatic heterocycles. The van der Waals surface area contributed by atoms with E-state index >= 15 is 0 Å². The Bertz CT molecular complexity index is 938. The van der Waals surface area contributed by atoms with Gasteiger partial charge in [0.2, 0.25) is 11.7 Å². The predicted molar refractivity (Wildman–Crippen MR) is 106 cm³/mol. The summed E-state index contributed by atoms with van der Waals surface area (Å²) in [6.07, 6.45) is 0. The number of amides is 1. The van der Waals surface area contributed by atoms with E-state index in [9.17, 15) is 34.5 Å². The van der Waals surface area contributed by atoms with Crippen LogP contribution in [-0.4, -0.2) is 71.4 Å². The summed E-state index contributed by atoms with van der Waals surface area (Å²) in [4.78, 5) is 47.8. The molecule has 1 atom stereocenters. The number of hydrogen-bond donors (Lipinski definition) is 4. The number of phenols is 1. The number of fused-ring (bicyclic) bond motifs is 1. The maximum absolute atomic E-state index is 12.7. The van der Waals surface area contributed by atoms with Gasteiger partial charge in [0.1, 0.15) is 17.5 Å². The molecule has 30 heavy (non-hydrogen) atoms. The number of allylic oxidation sites excluding steroid dienone is 1. The number of nitrogens with one attached hydrogen (secondary N) is 1. The van der Waals surface area contributed by atoms with Gasteiger partial charge in [-0.15, -0.1) is 0 Å². The van der Waals surface area contributed by atoms with Crippen LogP contribution in [0.5, 0.6) is 11.5 Å². The fourth-order valence-electron chi connectivity index (χ4n) is 2.99. The van der Waals surface area contributed by atoms with Crippen molar-refractivity contribution in [1.29, 1.82) is 0 Å². The third-order valence-electron chi connectivity index (χ3n) is 4.38. The second-order valence-corrected chi connectivity index (χ2v) is 7.29. The van der Waals surface area contributed by atoms with E-state index in [4.69, 9.17) is 9.47 Å². The number of carbonyl (C=O) groups is 4. The van der Waals surface area contributed by atoms with Gasteiger partial charge < -0.3 is 30.1 Å². The smallest absolute Gasteiger partial charge is 0.327 e. The summed E-state index contributed by atoms with van der Waals surface area (Å²) in [5.74, 6) is -3.82. The number of carboxylic acid groups (broad SMARTS) is 1. The molecule has 0 radical (unpaired) electrons. The summed E-state index contributed by atoms with van der Waals surface area (Å²) in [5, 5.41) is 31.7. The number of benzene rings is 1. The number of methoxy groups -OCH3 is 2. The molecular formula is C19H21NO9S. The zero-order chi connectivity index (χ0) is 22.6. The summed E-state index contributed by atoms with van der Waals surface area (Å²) in [6, 6.07) is 0.149. The first-order valence-electron chi connectivity index (χ1n) is 8.65. The van der Waals surface area contributed by atoms with E-state index in [1.807, 2.05) is 0 Å². The number of aliphatic carboxylic acids is 1. The van der Waals surface area contributed by atoms with Gasteiger partial charge in [-0.3, -0.25) is 14.4 Å². The number of carboxylic acids is 1. The Labute approximate surface area is 175 Å². The van der Waals surface area contributed by atoms with E-state index in [-0.39, 0.29) is 45.3 Å². The number of aromatic hydroxyl groups is 1. The standard InChI is InChI=1S/C19H21NO9S/c1-8(22)20-12(19(26)27)7-30-6-11-13(28-2)4-9-14(16(11)24)15(23)10(5-21)18(29-3)17(9)25/h4,12,21,24H,5-7H2,1-3H3,(H,20,22)(H,26,27). The zero-order valence-corrected chi connectivity index (χ0v) is 17.3. The molecule has 162 valence electrons. The van der Waals surface area contributed by atoms with Crippen molar-refractivity contribution in [3.05, 3.63) is 34.1 Å². The average Bonchev–Trinajstić information content (AvgIpc) is 2.69. The molecular weight excluding hydrogens is 418 g/mol. The summed E-state index contributed by atoms with van der Waals surface area (Å²) in [6.45, 7) is 0.446. The van der Waals surface area contributed by atoms with Gasteiger partial charge in [-0.05, 0) is 6.07 Å². The van der Waals surface area contributed by atoms with Crippen LogP contribution in [0.4, 0.5) is 0 Å². The van der Waals surface area contributed by atoms with Gasteiger partial charge in [0, 0.05) is 29.6 Å². The minimum Gasteiger partial charge on any atom is -0.507 e. The molecule has 0 heterocycles. The SMILES string of the molecule is COC1=C(CO)C(=O)c2c(cc(OC)c(CSCC(NC(C)=O)C(=O)O)c2O)C1=O. The highest BCUT2D eigenvalue weighted by molar-refractivity contribution is 7.98. The number of rotatable bonds is 9. The highest BCUT2D eigenvalue weighted by atomic mass is 32.2. The molecule has 0 bridgehead atoms. The first-order valence-corrected chi connectivity index (χ1v) is 9.81. The molecule has 2 rings (SSSR count). The lowest BCUT2D eigenvalue weighted by molar-refractivity contribution is -0.140. The monoisotopic (exact) mass is 439 g/mol. The maximum atomic E-state index is 12.7. The van der Waals surface area contributed by atoms with E-state index in [1.165, 1.54) is 27.2 Å². The Morgan fingerprint density at radius 1 is 1.20 bits per heavy atom. The molecule has 1 unspecified atom stereocenters. The van der Waals surface area contributed by atoms with Gasteiger partial charge in [0.25, 0.3) is 0 Å². The van der Waals surface area contributed by atoms with Crippen LogP contribution in [0, 0.1) is 0 Å². The molecule has 0 aromatic heterocycles. The second kappa shape index (κ2) is 9.63. The maximum Gasteiger partial charge on any atom is 0.327 e. The topological polar surface area (TPSA) is 159 Å². The number of ether oxygens (including phenoxy) is 2. The van der Waals surface area contributed by atoms with E-state index in [0.717, 1.165) is 11.8 Å². The van der Waals surface area contributed by atoms with Gasteiger partial charge in [-0.1, -0.05) is 0 Å². The summed E-state index contributed by atoms with van der Waals surface area (Å²) in [7, 11) is 2.51. The Kier molecular flexibility index (Phi) is 7.46. The van der Waals surface area contributed by atoms with Crippen LogP contribution < -0.4 is 10.1 Å². The molecule has 1 aliphatic carbocycles. The van der Waals surface area contributed by atoms with Crippen LogP contribution in [0.15, 0.2) is 17.4 Å². The third-order valence-corrected chi connectivity index (χ3v) is 5.44. The van der Waals surface area contributed by atoms with Crippen LogP contribution in [0.25, 0.3) is 0 Å². The van der Waals surface area contributed by atoms with Crippen molar-refractivity contribution in [3.8, 4) is 11.5 Å². The van der Waals surface area contributed by atoms with Crippen molar-refractivity contribution in [2.24, 2.45) is 0 Å². The van der Waals surface area contributed by atoms with Crippen molar-refractivity contribution < 1.29 is 44.0 Å². The van der Waals surface area contributed by atoms with Crippen molar-refractivity contribution >= 4 is 35.2 Å². The molecule has 1 aromatic rings. The van der Waals surface area contributed by atoms with Crippen LogP contribution in [-0.2, 0) is 20.1 Å². The molecule has 0 saturated carbocycles. The molecule has 1 aromatic carbocycles. The zero-order valence-electron chi connectivity index (χ0n) is 16.5.